The van der Waals surface area contributed by atoms with Crippen LogP contribution in [-0.2, 0) is 24.0 Å². The first-order valence-corrected chi connectivity index (χ1v) is 12.0. The molecule has 0 saturated heterocycles. The number of hydrogen-bond acceptors (Lipinski definition) is 8. The highest BCUT2D eigenvalue weighted by atomic mass is 32.2. The lowest BCUT2D eigenvalue weighted by Gasteiger charge is -2.24. The fourth-order valence-corrected chi connectivity index (χ4v) is 4.05. The van der Waals surface area contributed by atoms with E-state index in [1.54, 1.807) is 21.0 Å². The van der Waals surface area contributed by atoms with Crippen molar-refractivity contribution in [3.05, 3.63) is 46.9 Å². The predicted molar refractivity (Wildman–Crippen MR) is 130 cm³/mol. The maximum atomic E-state index is 12.9. The van der Waals surface area contributed by atoms with Crippen molar-refractivity contribution >= 4 is 39.5 Å². The van der Waals surface area contributed by atoms with Crippen LogP contribution in [0.3, 0.4) is 0 Å². The summed E-state index contributed by atoms with van der Waals surface area (Å²) in [5, 5.41) is 12.2. The molecule has 0 aliphatic heterocycles. The smallest absolute Gasteiger partial charge is 0.475 e. The molecule has 0 fully saturated rings. The molecule has 0 aromatic heterocycles. The lowest BCUT2D eigenvalue weighted by Crippen LogP contribution is -2.50. The van der Waals surface area contributed by atoms with Gasteiger partial charge in [-0.2, -0.15) is 4.84 Å². The standard InChI is InChI=1S/C24H30N2O8S/c1-6-33-21(27)20(25-23(29)24(3,4)14-34-26(30)31)13-35-22(28)15(2)16-7-8-18-12-19(32-5)10-9-17(18)11-16/h7-12,15,20H,6,13-14H2,1-5H3,(H-,25,29,30,31)/p+1/t15-,20?/m0/s1. The van der Waals surface area contributed by atoms with Crippen LogP contribution in [0.15, 0.2) is 36.4 Å². The molecule has 1 unspecified atom stereocenters. The van der Waals surface area contributed by atoms with Gasteiger partial charge in [-0.25, -0.2) is 10.0 Å². The quantitative estimate of drug-likeness (QED) is 0.328. The van der Waals surface area contributed by atoms with Crippen molar-refractivity contribution in [1.29, 1.82) is 0 Å². The Hall–Kier alpha value is -3.34. The average Bonchev–Trinajstić information content (AvgIpc) is 2.83. The van der Waals surface area contributed by atoms with Crippen molar-refractivity contribution in [2.75, 3.05) is 26.1 Å². The van der Waals surface area contributed by atoms with Gasteiger partial charge in [-0.05, 0) is 49.2 Å². The Balaban J connectivity index is 2.08. The van der Waals surface area contributed by atoms with E-state index in [-0.39, 0.29) is 17.5 Å². The molecule has 0 saturated carbocycles. The van der Waals surface area contributed by atoms with Crippen LogP contribution in [0.5, 0.6) is 5.75 Å². The van der Waals surface area contributed by atoms with Crippen LogP contribution in [0, 0.1) is 10.3 Å². The van der Waals surface area contributed by atoms with Crippen LogP contribution < -0.4 is 10.1 Å². The molecular weight excluding hydrogens is 476 g/mol. The van der Waals surface area contributed by atoms with E-state index in [0.717, 1.165) is 33.8 Å². The van der Waals surface area contributed by atoms with Crippen LogP contribution in [0.25, 0.3) is 10.8 Å². The van der Waals surface area contributed by atoms with E-state index in [4.69, 9.17) is 14.7 Å². The summed E-state index contributed by atoms with van der Waals surface area (Å²) in [4.78, 5) is 53.0. The van der Waals surface area contributed by atoms with Gasteiger partial charge in [-0.3, -0.25) is 9.59 Å². The molecule has 0 radical (unpaired) electrons. The molecule has 0 aliphatic carbocycles. The molecule has 0 aliphatic rings. The zero-order valence-corrected chi connectivity index (χ0v) is 21.2. The van der Waals surface area contributed by atoms with Crippen molar-refractivity contribution in [2.45, 2.75) is 39.7 Å². The van der Waals surface area contributed by atoms with Crippen molar-refractivity contribution in [2.24, 2.45) is 5.41 Å². The van der Waals surface area contributed by atoms with Gasteiger partial charge in [0.05, 0.1) is 25.0 Å². The Morgan fingerprint density at radius 3 is 2.43 bits per heavy atom. The number of methoxy groups -OCH3 is 1. The molecule has 0 bridgehead atoms. The Morgan fingerprint density at radius 1 is 1.14 bits per heavy atom. The Kier molecular flexibility index (Phi) is 9.88. The van der Waals surface area contributed by atoms with Gasteiger partial charge < -0.3 is 14.8 Å². The minimum absolute atomic E-state index is 0.0385. The van der Waals surface area contributed by atoms with Crippen molar-refractivity contribution in [3.63, 3.8) is 0 Å². The lowest BCUT2D eigenvalue weighted by atomic mass is 9.93. The third-order valence-electron chi connectivity index (χ3n) is 5.34. The summed E-state index contributed by atoms with van der Waals surface area (Å²) in [6.07, 6.45) is 0. The number of thioether (sulfide) groups is 1. The number of nitrogens with zero attached hydrogens (tertiary/aromatic N) is 1. The molecule has 2 aromatic carbocycles. The minimum atomic E-state index is -1.24. The first-order chi connectivity index (χ1) is 16.5. The van der Waals surface area contributed by atoms with Gasteiger partial charge in [0.2, 0.25) is 5.91 Å². The third kappa shape index (κ3) is 7.84. The number of nitrogens with one attached hydrogen (secondary N) is 1. The molecule has 2 atom stereocenters. The molecule has 2 rings (SSSR count). The summed E-state index contributed by atoms with van der Waals surface area (Å²) in [6, 6.07) is 10.3. The van der Waals surface area contributed by atoms with Gasteiger partial charge in [-0.1, -0.05) is 43.0 Å². The molecule has 2 N–H and O–H groups in total. The number of amides is 1. The normalized spacial score (nSPS) is 12.9. The van der Waals surface area contributed by atoms with E-state index >= 15 is 0 Å². The Labute approximate surface area is 207 Å². The number of hydrogen-bond donors (Lipinski definition) is 2. The van der Waals surface area contributed by atoms with Crippen molar-refractivity contribution in [1.82, 2.24) is 5.32 Å². The molecular formula is C24H31N2O8S+. The largest absolute Gasteiger partial charge is 0.497 e. The first-order valence-electron chi connectivity index (χ1n) is 11.0. The molecule has 10 nitrogen and oxygen atoms in total. The van der Waals surface area contributed by atoms with Crippen LogP contribution >= 0.6 is 11.8 Å². The SMILES string of the molecule is CCOC(=O)C(CSC(=O)[C@@H](C)c1ccc2cc(OC)ccc2c1)NC(=O)C(C)(C)CO[N+](=O)O. The number of rotatable bonds is 12. The second kappa shape index (κ2) is 12.4. The number of fused-ring (bicyclic) bond motifs is 1. The number of carbonyl (C=O) groups excluding carboxylic acids is 3. The van der Waals surface area contributed by atoms with E-state index < -0.39 is 40.9 Å². The molecule has 190 valence electrons. The van der Waals surface area contributed by atoms with Crippen LogP contribution in [-0.4, -0.2) is 59.4 Å². The van der Waals surface area contributed by atoms with E-state index in [1.807, 2.05) is 36.4 Å². The van der Waals surface area contributed by atoms with E-state index in [9.17, 15) is 19.3 Å². The monoisotopic (exact) mass is 507 g/mol. The summed E-state index contributed by atoms with van der Waals surface area (Å²) in [6.45, 7) is 6.04. The summed E-state index contributed by atoms with van der Waals surface area (Å²) < 4.78 is 10.3. The van der Waals surface area contributed by atoms with Crippen LogP contribution in [0.4, 0.5) is 0 Å². The predicted octanol–water partition coefficient (Wildman–Crippen LogP) is 3.39. The fourth-order valence-electron chi connectivity index (χ4n) is 3.11. The topological polar surface area (TPSA) is 131 Å². The Bertz CT molecular complexity index is 1090. The van der Waals surface area contributed by atoms with E-state index in [1.165, 1.54) is 13.8 Å². The number of benzene rings is 2. The summed E-state index contributed by atoms with van der Waals surface area (Å²) in [5.74, 6) is -1.04. The zero-order chi connectivity index (χ0) is 26.2. The second-order valence-electron chi connectivity index (χ2n) is 8.50. The highest BCUT2D eigenvalue weighted by Gasteiger charge is 2.35. The van der Waals surface area contributed by atoms with Gasteiger partial charge >= 0.3 is 11.1 Å². The third-order valence-corrected chi connectivity index (χ3v) is 6.48. The fraction of sp³-hybridized carbons (Fsp3) is 0.458. The van der Waals surface area contributed by atoms with Crippen LogP contribution in [0.1, 0.15) is 39.2 Å². The van der Waals surface area contributed by atoms with Gasteiger partial charge in [0.1, 0.15) is 16.7 Å². The van der Waals surface area contributed by atoms with E-state index in [0.29, 0.717) is 0 Å². The van der Waals surface area contributed by atoms with Gasteiger partial charge in [-0.15, -0.1) is 0 Å². The van der Waals surface area contributed by atoms with Gasteiger partial charge in [0.25, 0.3) is 0 Å². The second-order valence-corrected chi connectivity index (χ2v) is 9.52. The molecule has 11 heteroatoms. The summed E-state index contributed by atoms with van der Waals surface area (Å²) in [5.41, 5.74) is -0.423. The highest BCUT2D eigenvalue weighted by Crippen LogP contribution is 2.28. The van der Waals surface area contributed by atoms with Crippen molar-refractivity contribution in [3.8, 4) is 5.75 Å². The molecule has 1 amide bonds. The number of carbonyl (C=O) groups is 3. The van der Waals surface area contributed by atoms with Crippen LogP contribution in [0.2, 0.25) is 0 Å². The van der Waals surface area contributed by atoms with Gasteiger partial charge in [0.15, 0.2) is 11.7 Å². The maximum absolute atomic E-state index is 12.9. The lowest BCUT2D eigenvalue weighted by molar-refractivity contribution is -0.976. The minimum Gasteiger partial charge on any atom is -0.497 e. The molecule has 0 heterocycles. The number of ether oxygens (including phenoxy) is 2. The Morgan fingerprint density at radius 2 is 1.80 bits per heavy atom. The summed E-state index contributed by atoms with van der Waals surface area (Å²) in [7, 11) is 1.60. The highest BCUT2D eigenvalue weighted by molar-refractivity contribution is 8.13. The first kappa shape index (κ1) is 27.9. The molecule has 35 heavy (non-hydrogen) atoms. The average molecular weight is 508 g/mol. The van der Waals surface area contributed by atoms with Crippen molar-refractivity contribution < 1.29 is 39.0 Å². The van der Waals surface area contributed by atoms with Gasteiger partial charge in [0, 0.05) is 5.75 Å². The molecule has 2 aromatic rings. The zero-order valence-electron chi connectivity index (χ0n) is 20.4. The molecule has 0 spiro atoms. The van der Waals surface area contributed by atoms with E-state index in [2.05, 4.69) is 10.2 Å². The number of esters is 1. The maximum Gasteiger partial charge on any atom is 0.475 e. The summed E-state index contributed by atoms with van der Waals surface area (Å²) >= 11 is 0.920.